The number of hydrogen-bond acceptors (Lipinski definition) is 4. The highest BCUT2D eigenvalue weighted by atomic mass is 16.5. The highest BCUT2D eigenvalue weighted by Crippen LogP contribution is 2.32. The molecule has 21 heavy (non-hydrogen) atoms. The summed E-state index contributed by atoms with van der Waals surface area (Å²) in [6, 6.07) is 6.12. The number of likely N-dealkylation sites (tertiary alicyclic amines) is 1. The van der Waals surface area contributed by atoms with Crippen LogP contribution in [0.15, 0.2) is 18.2 Å². The second kappa shape index (κ2) is 8.25. The molecule has 118 valence electrons. The zero-order valence-electron chi connectivity index (χ0n) is 13.5. The van der Waals surface area contributed by atoms with E-state index in [0.29, 0.717) is 0 Å². The molecule has 1 saturated heterocycles. The van der Waals surface area contributed by atoms with Gasteiger partial charge in [-0.1, -0.05) is 12.1 Å². The molecule has 0 aromatic heterocycles. The van der Waals surface area contributed by atoms with Crippen molar-refractivity contribution in [3.05, 3.63) is 23.8 Å². The maximum absolute atomic E-state index is 5.52. The van der Waals surface area contributed by atoms with Gasteiger partial charge in [0.2, 0.25) is 0 Å². The summed E-state index contributed by atoms with van der Waals surface area (Å²) in [5.41, 5.74) is 1.21. The molecule has 1 heterocycles. The molecule has 0 aliphatic carbocycles. The first-order valence-corrected chi connectivity index (χ1v) is 7.85. The van der Waals surface area contributed by atoms with Gasteiger partial charge < -0.3 is 14.8 Å². The molecule has 0 spiro atoms. The summed E-state index contributed by atoms with van der Waals surface area (Å²) in [6.45, 7) is 4.43. The molecule has 1 fully saturated rings. The topological polar surface area (TPSA) is 33.7 Å². The monoisotopic (exact) mass is 292 g/mol. The number of nitrogens with one attached hydrogen (secondary N) is 1. The molecule has 0 unspecified atom stereocenters. The molecular weight excluding hydrogens is 264 g/mol. The molecule has 0 radical (unpaired) electrons. The van der Waals surface area contributed by atoms with E-state index in [-0.39, 0.29) is 0 Å². The van der Waals surface area contributed by atoms with Gasteiger partial charge in [0, 0.05) is 12.1 Å². The van der Waals surface area contributed by atoms with Gasteiger partial charge in [-0.15, -0.1) is 0 Å². The number of para-hydroxylation sites is 1. The highest BCUT2D eigenvalue weighted by Gasteiger charge is 2.20. The maximum Gasteiger partial charge on any atom is 0.165 e. The Hall–Kier alpha value is -1.26. The first kappa shape index (κ1) is 16.1. The van der Waals surface area contributed by atoms with Crippen LogP contribution < -0.4 is 14.8 Å². The van der Waals surface area contributed by atoms with Crippen molar-refractivity contribution in [1.82, 2.24) is 10.2 Å². The van der Waals surface area contributed by atoms with E-state index in [9.17, 15) is 0 Å². The van der Waals surface area contributed by atoms with Crippen molar-refractivity contribution < 1.29 is 9.47 Å². The molecule has 0 atom stereocenters. The Morgan fingerprint density at radius 1 is 1.19 bits per heavy atom. The lowest BCUT2D eigenvalue weighted by atomic mass is 9.93. The molecule has 1 aromatic carbocycles. The summed E-state index contributed by atoms with van der Waals surface area (Å²) in [7, 11) is 5.43. The Bertz CT molecular complexity index is 429. The normalized spacial score (nSPS) is 16.9. The van der Waals surface area contributed by atoms with E-state index in [2.05, 4.69) is 16.3 Å². The predicted octanol–water partition coefficient (Wildman–Crippen LogP) is 2.53. The van der Waals surface area contributed by atoms with Crippen LogP contribution in [0.1, 0.15) is 24.8 Å². The summed E-state index contributed by atoms with van der Waals surface area (Å²) in [5, 5.41) is 3.25. The van der Waals surface area contributed by atoms with Crippen molar-refractivity contribution in [3.8, 4) is 11.5 Å². The zero-order valence-corrected chi connectivity index (χ0v) is 13.5. The minimum atomic E-state index is 0.818. The lowest BCUT2D eigenvalue weighted by Crippen LogP contribution is -2.34. The van der Waals surface area contributed by atoms with Gasteiger partial charge in [0.15, 0.2) is 11.5 Å². The SMILES string of the molecule is CNCCC1CCN(Cc2cccc(OC)c2OC)CC1. The minimum absolute atomic E-state index is 0.818. The zero-order chi connectivity index (χ0) is 15.1. The fourth-order valence-electron chi connectivity index (χ4n) is 3.10. The van der Waals surface area contributed by atoms with E-state index in [1.165, 1.54) is 37.9 Å². The van der Waals surface area contributed by atoms with Crippen molar-refractivity contribution >= 4 is 0 Å². The van der Waals surface area contributed by atoms with Gasteiger partial charge in [-0.3, -0.25) is 4.90 Å². The summed E-state index contributed by atoms with van der Waals surface area (Å²) in [4.78, 5) is 2.52. The molecule has 1 aliphatic heterocycles. The Kier molecular flexibility index (Phi) is 6.33. The Morgan fingerprint density at radius 3 is 2.57 bits per heavy atom. The number of nitrogens with zero attached hydrogens (tertiary/aromatic N) is 1. The molecule has 4 heteroatoms. The van der Waals surface area contributed by atoms with Gasteiger partial charge in [0.25, 0.3) is 0 Å². The van der Waals surface area contributed by atoms with Gasteiger partial charge in [-0.05, 0) is 57.9 Å². The maximum atomic E-state index is 5.52. The lowest BCUT2D eigenvalue weighted by molar-refractivity contribution is 0.170. The summed E-state index contributed by atoms with van der Waals surface area (Å²) < 4.78 is 10.9. The van der Waals surface area contributed by atoms with Crippen LogP contribution in [0.5, 0.6) is 11.5 Å². The second-order valence-corrected chi connectivity index (χ2v) is 5.76. The quantitative estimate of drug-likeness (QED) is 0.837. The van der Waals surface area contributed by atoms with Gasteiger partial charge in [-0.2, -0.15) is 0 Å². The molecule has 4 nitrogen and oxygen atoms in total. The van der Waals surface area contributed by atoms with Gasteiger partial charge in [0.1, 0.15) is 0 Å². The van der Waals surface area contributed by atoms with Crippen LogP contribution in [-0.2, 0) is 6.54 Å². The molecule has 1 aliphatic rings. The number of piperidine rings is 1. The average Bonchev–Trinajstić information content (AvgIpc) is 2.54. The van der Waals surface area contributed by atoms with Gasteiger partial charge >= 0.3 is 0 Å². The summed E-state index contributed by atoms with van der Waals surface area (Å²) in [5.74, 6) is 2.57. The van der Waals surface area contributed by atoms with E-state index >= 15 is 0 Å². The van der Waals surface area contributed by atoms with Crippen LogP contribution in [0.2, 0.25) is 0 Å². The van der Waals surface area contributed by atoms with Crippen molar-refractivity contribution in [2.75, 3.05) is 40.9 Å². The number of ether oxygens (including phenoxy) is 2. The lowest BCUT2D eigenvalue weighted by Gasteiger charge is -2.32. The van der Waals surface area contributed by atoms with Crippen LogP contribution in [0.4, 0.5) is 0 Å². The van der Waals surface area contributed by atoms with Crippen molar-refractivity contribution in [2.45, 2.75) is 25.8 Å². The average molecular weight is 292 g/mol. The van der Waals surface area contributed by atoms with Crippen LogP contribution in [0.25, 0.3) is 0 Å². The predicted molar refractivity (Wildman–Crippen MR) is 86.1 cm³/mol. The Morgan fingerprint density at radius 2 is 1.95 bits per heavy atom. The molecule has 2 rings (SSSR count). The van der Waals surface area contributed by atoms with Crippen molar-refractivity contribution in [1.29, 1.82) is 0 Å². The van der Waals surface area contributed by atoms with Crippen molar-refractivity contribution in [3.63, 3.8) is 0 Å². The number of hydrogen-bond donors (Lipinski definition) is 1. The van der Waals surface area contributed by atoms with Crippen LogP contribution in [-0.4, -0.2) is 45.8 Å². The van der Waals surface area contributed by atoms with Gasteiger partial charge in [-0.25, -0.2) is 0 Å². The smallest absolute Gasteiger partial charge is 0.165 e. The van der Waals surface area contributed by atoms with Crippen LogP contribution in [0.3, 0.4) is 0 Å². The molecule has 0 bridgehead atoms. The van der Waals surface area contributed by atoms with Crippen molar-refractivity contribution in [2.24, 2.45) is 5.92 Å². The third-order valence-electron chi connectivity index (χ3n) is 4.39. The fourth-order valence-corrected chi connectivity index (χ4v) is 3.10. The molecule has 1 N–H and O–H groups in total. The standard InChI is InChI=1S/C17H28N2O2/c1-18-10-7-14-8-11-19(12-9-14)13-15-5-4-6-16(20-2)17(15)21-3/h4-6,14,18H,7-13H2,1-3H3. The van der Waals surface area contributed by atoms with Crippen LogP contribution >= 0.6 is 0 Å². The van der Waals surface area contributed by atoms with Gasteiger partial charge in [0.05, 0.1) is 14.2 Å². The molecular formula is C17H28N2O2. The molecule has 0 amide bonds. The molecule has 1 aromatic rings. The Balaban J connectivity index is 1.91. The second-order valence-electron chi connectivity index (χ2n) is 5.76. The number of benzene rings is 1. The highest BCUT2D eigenvalue weighted by molar-refractivity contribution is 5.46. The fraction of sp³-hybridized carbons (Fsp3) is 0.647. The largest absolute Gasteiger partial charge is 0.493 e. The van der Waals surface area contributed by atoms with E-state index < -0.39 is 0 Å². The van der Waals surface area contributed by atoms with E-state index in [4.69, 9.17) is 9.47 Å². The molecule has 0 saturated carbocycles. The summed E-state index contributed by atoms with van der Waals surface area (Å²) >= 11 is 0. The van der Waals surface area contributed by atoms with E-state index in [1.807, 2.05) is 19.2 Å². The van der Waals surface area contributed by atoms with E-state index in [0.717, 1.165) is 30.5 Å². The first-order chi connectivity index (χ1) is 10.3. The Labute approximate surface area is 128 Å². The summed E-state index contributed by atoms with van der Waals surface area (Å²) in [6.07, 6.45) is 3.90. The van der Waals surface area contributed by atoms with E-state index in [1.54, 1.807) is 14.2 Å². The van der Waals surface area contributed by atoms with Crippen LogP contribution in [0, 0.1) is 5.92 Å². The number of rotatable bonds is 7. The first-order valence-electron chi connectivity index (χ1n) is 7.85. The number of methoxy groups -OCH3 is 2. The minimum Gasteiger partial charge on any atom is -0.493 e. The third kappa shape index (κ3) is 4.35. The third-order valence-corrected chi connectivity index (χ3v) is 4.39.